The van der Waals surface area contributed by atoms with Crippen molar-refractivity contribution in [3.63, 3.8) is 0 Å². The predicted molar refractivity (Wildman–Crippen MR) is 93.6 cm³/mol. The molecule has 0 bridgehead atoms. The number of nitrogens with one attached hydrogen (secondary N) is 1. The summed E-state index contributed by atoms with van der Waals surface area (Å²) in [5.41, 5.74) is 1.44. The topological polar surface area (TPSA) is 72.8 Å². The summed E-state index contributed by atoms with van der Waals surface area (Å²) in [6.07, 6.45) is 1.09. The van der Waals surface area contributed by atoms with Crippen LogP contribution in [0.4, 0.5) is 5.69 Å². The van der Waals surface area contributed by atoms with Crippen molar-refractivity contribution in [2.45, 2.75) is 33.1 Å². The molecule has 0 aliphatic carbocycles. The van der Waals surface area contributed by atoms with Crippen LogP contribution >= 0.6 is 0 Å². The molecule has 0 aliphatic heterocycles. The van der Waals surface area contributed by atoms with Gasteiger partial charge in [-0.25, -0.2) is 0 Å². The van der Waals surface area contributed by atoms with Crippen LogP contribution in [-0.4, -0.2) is 54.4 Å². The third-order valence-electron chi connectivity index (χ3n) is 4.20. The van der Waals surface area contributed by atoms with Crippen LogP contribution in [0, 0.1) is 5.41 Å². The van der Waals surface area contributed by atoms with Crippen LogP contribution in [0.15, 0.2) is 24.3 Å². The second kappa shape index (κ2) is 9.01. The monoisotopic (exact) mass is 322 g/mol. The average Bonchev–Trinajstić information content (AvgIpc) is 2.54. The van der Waals surface area contributed by atoms with E-state index in [1.165, 1.54) is 5.56 Å². The Morgan fingerprint density at radius 2 is 1.83 bits per heavy atom. The highest BCUT2D eigenvalue weighted by molar-refractivity contribution is 5.92. The van der Waals surface area contributed by atoms with Crippen LogP contribution in [0.3, 0.4) is 0 Å². The molecule has 0 heterocycles. The van der Waals surface area contributed by atoms with E-state index in [1.54, 1.807) is 18.9 Å². The average molecular weight is 322 g/mol. The third-order valence-corrected chi connectivity index (χ3v) is 4.20. The predicted octanol–water partition coefficient (Wildman–Crippen LogP) is 2.06. The molecule has 0 aliphatic rings. The van der Waals surface area contributed by atoms with Gasteiger partial charge in [-0.2, -0.15) is 0 Å². The Labute approximate surface area is 139 Å². The van der Waals surface area contributed by atoms with E-state index in [1.807, 2.05) is 24.3 Å². The highest BCUT2D eigenvalue weighted by Gasteiger charge is 2.25. The molecule has 0 saturated heterocycles. The number of nitrogens with zero attached hydrogens (tertiary/aromatic N) is 1. The van der Waals surface area contributed by atoms with Crippen LogP contribution in [0.5, 0.6) is 0 Å². The molecule has 0 radical (unpaired) electrons. The van der Waals surface area contributed by atoms with Crippen LogP contribution in [-0.2, 0) is 4.79 Å². The zero-order valence-electron chi connectivity index (χ0n) is 14.7. The summed E-state index contributed by atoms with van der Waals surface area (Å²) < 4.78 is 0. The largest absolute Gasteiger partial charge is 0.396 e. The minimum Gasteiger partial charge on any atom is -0.396 e. The molecule has 1 aromatic carbocycles. The molecule has 0 spiro atoms. The van der Waals surface area contributed by atoms with Crippen LogP contribution < -0.4 is 5.32 Å². The van der Waals surface area contributed by atoms with Gasteiger partial charge in [0, 0.05) is 17.6 Å². The number of likely N-dealkylation sites (N-methyl/N-ethyl adjacent to an activating group) is 1. The molecular weight excluding hydrogens is 292 g/mol. The van der Waals surface area contributed by atoms with Gasteiger partial charge in [-0.05, 0) is 37.1 Å². The summed E-state index contributed by atoms with van der Waals surface area (Å²) in [7, 11) is 1.80. The van der Waals surface area contributed by atoms with Gasteiger partial charge in [0.1, 0.15) is 0 Å². The summed E-state index contributed by atoms with van der Waals surface area (Å²) in [6, 6.07) is 7.93. The summed E-state index contributed by atoms with van der Waals surface area (Å²) in [4.78, 5) is 13.9. The summed E-state index contributed by atoms with van der Waals surface area (Å²) in [5.74, 6) is 0.405. The maximum absolute atomic E-state index is 12.1. The Bertz CT molecular complexity index is 484. The highest BCUT2D eigenvalue weighted by Crippen LogP contribution is 2.20. The maximum atomic E-state index is 12.1. The molecule has 5 nitrogen and oxygen atoms in total. The van der Waals surface area contributed by atoms with E-state index in [9.17, 15) is 15.0 Å². The second-order valence-corrected chi connectivity index (χ2v) is 6.78. The Kier molecular flexibility index (Phi) is 7.68. The van der Waals surface area contributed by atoms with Gasteiger partial charge in [-0.15, -0.1) is 0 Å². The van der Waals surface area contributed by atoms with Crippen molar-refractivity contribution in [3.05, 3.63) is 29.8 Å². The quantitative estimate of drug-likeness (QED) is 0.651. The van der Waals surface area contributed by atoms with Gasteiger partial charge in [0.2, 0.25) is 5.91 Å². The first-order valence-electron chi connectivity index (χ1n) is 8.13. The zero-order chi connectivity index (χ0) is 17.5. The molecule has 0 aromatic heterocycles. The number of carbonyl (C=O) groups excluding carboxylic acids is 1. The minimum absolute atomic E-state index is 0.109. The van der Waals surface area contributed by atoms with E-state index in [0.29, 0.717) is 12.5 Å². The molecule has 1 aromatic rings. The van der Waals surface area contributed by atoms with Crippen molar-refractivity contribution in [1.82, 2.24) is 4.90 Å². The molecular formula is C18H30N2O3. The highest BCUT2D eigenvalue weighted by atomic mass is 16.3. The van der Waals surface area contributed by atoms with E-state index in [0.717, 1.165) is 12.1 Å². The fourth-order valence-electron chi connectivity index (χ4n) is 2.43. The number of rotatable bonds is 9. The lowest BCUT2D eigenvalue weighted by Crippen LogP contribution is -2.41. The third kappa shape index (κ3) is 6.29. The van der Waals surface area contributed by atoms with Crippen molar-refractivity contribution < 1.29 is 15.0 Å². The SMILES string of the molecule is CCC(C)c1ccc(NC(=O)CN(C)CC(C)(CO)CO)cc1. The molecule has 1 rings (SSSR count). The van der Waals surface area contributed by atoms with Crippen molar-refractivity contribution >= 4 is 11.6 Å². The number of hydrogen-bond acceptors (Lipinski definition) is 4. The van der Waals surface area contributed by atoms with Gasteiger partial charge in [-0.3, -0.25) is 9.69 Å². The smallest absolute Gasteiger partial charge is 0.238 e. The van der Waals surface area contributed by atoms with Crippen molar-refractivity contribution in [1.29, 1.82) is 0 Å². The van der Waals surface area contributed by atoms with E-state index in [2.05, 4.69) is 19.2 Å². The first kappa shape index (κ1) is 19.6. The second-order valence-electron chi connectivity index (χ2n) is 6.78. The zero-order valence-corrected chi connectivity index (χ0v) is 14.7. The van der Waals surface area contributed by atoms with Crippen molar-refractivity contribution in [3.8, 4) is 0 Å². The van der Waals surface area contributed by atoms with Crippen LogP contribution in [0.1, 0.15) is 38.7 Å². The Hall–Kier alpha value is -1.43. The lowest BCUT2D eigenvalue weighted by Gasteiger charge is -2.29. The lowest BCUT2D eigenvalue weighted by molar-refractivity contribution is -0.117. The first-order chi connectivity index (χ1) is 10.8. The van der Waals surface area contributed by atoms with Crippen molar-refractivity contribution in [2.24, 2.45) is 5.41 Å². The Morgan fingerprint density at radius 1 is 1.26 bits per heavy atom. The number of hydrogen-bond donors (Lipinski definition) is 3. The van der Waals surface area contributed by atoms with E-state index in [-0.39, 0.29) is 25.7 Å². The molecule has 0 fully saturated rings. The maximum Gasteiger partial charge on any atom is 0.238 e. The van der Waals surface area contributed by atoms with Crippen LogP contribution in [0.25, 0.3) is 0 Å². The lowest BCUT2D eigenvalue weighted by atomic mass is 9.92. The number of benzene rings is 1. The van der Waals surface area contributed by atoms with Gasteiger partial charge in [0.25, 0.3) is 0 Å². The van der Waals surface area contributed by atoms with E-state index in [4.69, 9.17) is 0 Å². The van der Waals surface area contributed by atoms with Crippen molar-refractivity contribution in [2.75, 3.05) is 38.7 Å². The fraction of sp³-hybridized carbons (Fsp3) is 0.611. The molecule has 3 N–H and O–H groups in total. The number of aliphatic hydroxyl groups is 2. The molecule has 1 unspecified atom stereocenters. The van der Waals surface area contributed by atoms with Gasteiger partial charge in [-0.1, -0.05) is 32.9 Å². The summed E-state index contributed by atoms with van der Waals surface area (Å²) in [5, 5.41) is 21.5. The minimum atomic E-state index is -0.604. The molecule has 130 valence electrons. The van der Waals surface area contributed by atoms with Gasteiger partial charge in [0.05, 0.1) is 19.8 Å². The standard InChI is InChI=1S/C18H30N2O3/c1-5-14(2)15-6-8-16(9-7-15)19-17(23)10-20(4)11-18(3,12-21)13-22/h6-9,14,21-22H,5,10-13H2,1-4H3,(H,19,23). The number of aliphatic hydroxyl groups excluding tert-OH is 2. The summed E-state index contributed by atoms with van der Waals surface area (Å²) in [6.45, 7) is 6.54. The van der Waals surface area contributed by atoms with Gasteiger partial charge >= 0.3 is 0 Å². The molecule has 23 heavy (non-hydrogen) atoms. The van der Waals surface area contributed by atoms with Gasteiger partial charge < -0.3 is 15.5 Å². The molecule has 0 saturated carbocycles. The van der Waals surface area contributed by atoms with E-state index >= 15 is 0 Å². The molecule has 1 atom stereocenters. The number of anilines is 1. The van der Waals surface area contributed by atoms with Crippen LogP contribution in [0.2, 0.25) is 0 Å². The Balaban J connectivity index is 2.53. The number of carbonyl (C=O) groups is 1. The molecule has 5 heteroatoms. The number of amides is 1. The van der Waals surface area contributed by atoms with Gasteiger partial charge in [0.15, 0.2) is 0 Å². The van der Waals surface area contributed by atoms with E-state index < -0.39 is 5.41 Å². The normalized spacial score (nSPS) is 13.2. The fourth-order valence-corrected chi connectivity index (χ4v) is 2.43. The molecule has 1 amide bonds. The summed E-state index contributed by atoms with van der Waals surface area (Å²) >= 11 is 0. The first-order valence-corrected chi connectivity index (χ1v) is 8.13. The Morgan fingerprint density at radius 3 is 2.30 bits per heavy atom.